The van der Waals surface area contributed by atoms with Crippen molar-refractivity contribution in [3.8, 4) is 0 Å². The van der Waals surface area contributed by atoms with Gasteiger partial charge in [0.1, 0.15) is 0 Å². The van der Waals surface area contributed by atoms with E-state index in [9.17, 15) is 9.90 Å². The molecule has 1 aliphatic rings. The summed E-state index contributed by atoms with van der Waals surface area (Å²) in [7, 11) is 0. The number of amides is 2. The summed E-state index contributed by atoms with van der Waals surface area (Å²) in [5.41, 5.74) is 0.320. The second-order valence-corrected chi connectivity index (χ2v) is 8.86. The minimum absolute atomic E-state index is 0.364. The van der Waals surface area contributed by atoms with E-state index in [0.29, 0.717) is 39.1 Å². The van der Waals surface area contributed by atoms with Gasteiger partial charge in [0, 0.05) is 21.4 Å². The zero-order valence-corrected chi connectivity index (χ0v) is 19.6. The SMILES string of the molecule is [C-]#[N+]c1cccc(C2(O)[C@H](CCCC)N(c3ccc(Cl)cc3)C(=O)N2c2ccc(Cl)cc2)c1. The number of carbonyl (C=O) groups is 1. The Balaban J connectivity index is 1.95. The lowest BCUT2D eigenvalue weighted by Crippen LogP contribution is -2.49. The van der Waals surface area contributed by atoms with E-state index >= 15 is 0 Å². The number of unbranched alkanes of at least 4 members (excludes halogenated alkanes) is 1. The molecule has 1 saturated heterocycles. The Labute approximate surface area is 203 Å². The summed E-state index contributed by atoms with van der Waals surface area (Å²) in [5, 5.41) is 13.5. The van der Waals surface area contributed by atoms with Gasteiger partial charge in [0.15, 0.2) is 11.4 Å². The number of carbonyl (C=O) groups excluding carboxylic acids is 1. The molecule has 3 aromatic rings. The average molecular weight is 480 g/mol. The predicted molar refractivity (Wildman–Crippen MR) is 133 cm³/mol. The lowest BCUT2D eigenvalue weighted by molar-refractivity contribution is 0.0286. The van der Waals surface area contributed by atoms with Crippen LogP contribution < -0.4 is 9.80 Å². The van der Waals surface area contributed by atoms with E-state index in [-0.39, 0.29) is 6.03 Å². The van der Waals surface area contributed by atoms with Crippen LogP contribution in [0, 0.1) is 6.57 Å². The maximum atomic E-state index is 14.0. The third kappa shape index (κ3) is 4.18. The molecule has 0 bridgehead atoms. The molecular formula is C26H23Cl2N3O2. The summed E-state index contributed by atoms with van der Waals surface area (Å²) in [4.78, 5) is 20.5. The van der Waals surface area contributed by atoms with E-state index < -0.39 is 11.8 Å². The summed E-state index contributed by atoms with van der Waals surface area (Å²) in [6.07, 6.45) is 2.27. The fraction of sp³-hybridized carbons (Fsp3) is 0.231. The van der Waals surface area contributed by atoms with Crippen LogP contribution in [0.25, 0.3) is 4.85 Å². The first-order valence-electron chi connectivity index (χ1n) is 10.7. The minimum Gasteiger partial charge on any atom is -0.365 e. The van der Waals surface area contributed by atoms with Crippen LogP contribution in [0.2, 0.25) is 10.0 Å². The third-order valence-corrected chi connectivity index (χ3v) is 6.44. The Morgan fingerprint density at radius 3 is 2.18 bits per heavy atom. The topological polar surface area (TPSA) is 48.1 Å². The molecule has 1 fully saturated rings. The van der Waals surface area contributed by atoms with Gasteiger partial charge >= 0.3 is 6.03 Å². The van der Waals surface area contributed by atoms with E-state index in [2.05, 4.69) is 11.8 Å². The first-order valence-corrected chi connectivity index (χ1v) is 11.5. The molecule has 0 spiro atoms. The van der Waals surface area contributed by atoms with Crippen molar-refractivity contribution in [3.63, 3.8) is 0 Å². The van der Waals surface area contributed by atoms with E-state index in [1.807, 2.05) is 0 Å². The molecule has 1 heterocycles. The number of urea groups is 1. The highest BCUT2D eigenvalue weighted by molar-refractivity contribution is 6.31. The summed E-state index contributed by atoms with van der Waals surface area (Å²) < 4.78 is 0. The van der Waals surface area contributed by atoms with Crippen molar-refractivity contribution >= 4 is 46.3 Å². The number of hydrogen-bond acceptors (Lipinski definition) is 2. The fourth-order valence-corrected chi connectivity index (χ4v) is 4.61. The normalized spacial score (nSPS) is 20.2. The summed E-state index contributed by atoms with van der Waals surface area (Å²) in [6, 6.07) is 19.7. The van der Waals surface area contributed by atoms with Gasteiger partial charge in [-0.05, 0) is 66.6 Å². The van der Waals surface area contributed by atoms with Crippen LogP contribution in [-0.4, -0.2) is 17.2 Å². The van der Waals surface area contributed by atoms with Gasteiger partial charge in [-0.15, -0.1) is 0 Å². The van der Waals surface area contributed by atoms with Crippen LogP contribution in [0.4, 0.5) is 21.9 Å². The van der Waals surface area contributed by atoms with Crippen molar-refractivity contribution in [2.75, 3.05) is 9.80 Å². The van der Waals surface area contributed by atoms with Crippen molar-refractivity contribution in [3.05, 3.63) is 99.8 Å². The van der Waals surface area contributed by atoms with Crippen molar-refractivity contribution in [2.24, 2.45) is 0 Å². The van der Waals surface area contributed by atoms with Crippen LogP contribution in [0.15, 0.2) is 72.8 Å². The monoisotopic (exact) mass is 479 g/mol. The zero-order chi connectivity index (χ0) is 23.6. The average Bonchev–Trinajstić information content (AvgIpc) is 3.06. The minimum atomic E-state index is -1.71. The van der Waals surface area contributed by atoms with Crippen molar-refractivity contribution in [1.29, 1.82) is 0 Å². The summed E-state index contributed by atoms with van der Waals surface area (Å²) in [6.45, 7) is 9.50. The van der Waals surface area contributed by atoms with Crippen LogP contribution in [-0.2, 0) is 5.72 Å². The van der Waals surface area contributed by atoms with Gasteiger partial charge in [0.2, 0.25) is 0 Å². The van der Waals surface area contributed by atoms with Gasteiger partial charge < -0.3 is 5.11 Å². The summed E-state index contributed by atoms with van der Waals surface area (Å²) >= 11 is 12.2. The second-order valence-electron chi connectivity index (χ2n) is 7.99. The molecule has 0 saturated carbocycles. The molecule has 5 nitrogen and oxygen atoms in total. The lowest BCUT2D eigenvalue weighted by atomic mass is 9.89. The Hall–Kier alpha value is -3.04. The molecule has 0 aromatic heterocycles. The molecule has 1 N–H and O–H groups in total. The van der Waals surface area contributed by atoms with Gasteiger partial charge in [0.25, 0.3) is 0 Å². The number of anilines is 2. The first-order chi connectivity index (χ1) is 15.9. The van der Waals surface area contributed by atoms with Crippen LogP contribution in [0.5, 0.6) is 0 Å². The highest BCUT2D eigenvalue weighted by Crippen LogP contribution is 2.47. The first kappa shape index (κ1) is 23.1. The maximum absolute atomic E-state index is 14.0. The number of benzene rings is 3. The molecule has 4 rings (SSSR count). The van der Waals surface area contributed by atoms with Crippen molar-refractivity contribution < 1.29 is 9.90 Å². The molecule has 7 heteroatoms. The zero-order valence-electron chi connectivity index (χ0n) is 18.1. The van der Waals surface area contributed by atoms with Gasteiger partial charge in [0.05, 0.1) is 12.6 Å². The maximum Gasteiger partial charge on any atom is 0.332 e. The Bertz CT molecular complexity index is 1190. The van der Waals surface area contributed by atoms with Crippen molar-refractivity contribution in [1.82, 2.24) is 0 Å². The van der Waals surface area contributed by atoms with E-state index in [1.165, 1.54) is 4.90 Å². The van der Waals surface area contributed by atoms with Crippen LogP contribution in [0.3, 0.4) is 0 Å². The predicted octanol–water partition coefficient (Wildman–Crippen LogP) is 7.39. The quantitative estimate of drug-likeness (QED) is 0.374. The number of hydrogen-bond donors (Lipinski definition) is 1. The molecule has 2 atom stereocenters. The van der Waals surface area contributed by atoms with Crippen molar-refractivity contribution in [2.45, 2.75) is 38.0 Å². The van der Waals surface area contributed by atoms with Crippen LogP contribution in [0.1, 0.15) is 31.7 Å². The number of halogens is 2. The molecule has 3 aromatic carbocycles. The van der Waals surface area contributed by atoms with Gasteiger partial charge in [-0.25, -0.2) is 9.64 Å². The molecule has 2 amide bonds. The second kappa shape index (κ2) is 9.44. The molecule has 33 heavy (non-hydrogen) atoms. The van der Waals surface area contributed by atoms with Gasteiger partial charge in [-0.1, -0.05) is 61.2 Å². The smallest absolute Gasteiger partial charge is 0.332 e. The fourth-order valence-electron chi connectivity index (χ4n) is 4.36. The number of nitrogens with zero attached hydrogens (tertiary/aromatic N) is 3. The summed E-state index contributed by atoms with van der Waals surface area (Å²) in [5.74, 6) is 0. The van der Waals surface area contributed by atoms with E-state index in [4.69, 9.17) is 29.8 Å². The molecule has 168 valence electrons. The third-order valence-electron chi connectivity index (χ3n) is 5.94. The highest BCUT2D eigenvalue weighted by Gasteiger charge is 2.58. The molecule has 1 aliphatic heterocycles. The highest BCUT2D eigenvalue weighted by atomic mass is 35.5. The van der Waals surface area contributed by atoms with Crippen LogP contribution >= 0.6 is 23.2 Å². The Morgan fingerprint density at radius 1 is 1.00 bits per heavy atom. The molecule has 0 aliphatic carbocycles. The van der Waals surface area contributed by atoms with Gasteiger partial charge in [-0.3, -0.25) is 9.80 Å². The Kier molecular flexibility index (Phi) is 6.62. The standard InChI is InChI=1S/C26H23Cl2N3O2/c1-3-4-8-24-26(33,18-6-5-7-21(17-18)29-2)31(23-15-11-20(28)12-16-23)25(32)30(24)22-13-9-19(27)10-14-22/h5-7,9-17,24,33H,3-4,8H2,1H3/t24-,26?/m0/s1. The Morgan fingerprint density at radius 2 is 1.61 bits per heavy atom. The number of rotatable bonds is 6. The van der Waals surface area contributed by atoms with Gasteiger partial charge in [-0.2, -0.15) is 0 Å². The molecular weight excluding hydrogens is 457 g/mol. The largest absolute Gasteiger partial charge is 0.365 e. The molecule has 1 unspecified atom stereocenters. The lowest BCUT2D eigenvalue weighted by Gasteiger charge is -2.37. The number of aliphatic hydroxyl groups is 1. The van der Waals surface area contributed by atoms with E-state index in [1.54, 1.807) is 77.7 Å². The van der Waals surface area contributed by atoms with E-state index in [0.717, 1.165) is 12.8 Å². The molecule has 0 radical (unpaired) electrons.